The van der Waals surface area contributed by atoms with Crippen LogP contribution in [0.4, 0.5) is 0 Å². The van der Waals surface area contributed by atoms with Gasteiger partial charge >= 0.3 is 0 Å². The second-order valence-corrected chi connectivity index (χ2v) is 14.4. The molecule has 9 aromatic rings. The Morgan fingerprint density at radius 1 is 0.294 bits per heavy atom. The van der Waals surface area contributed by atoms with E-state index in [4.69, 9.17) is 0 Å². The zero-order valence-corrected chi connectivity index (χ0v) is 28.8. The Kier molecular flexibility index (Phi) is 6.63. The van der Waals surface area contributed by atoms with Gasteiger partial charge in [-0.05, 0) is 105 Å². The lowest BCUT2D eigenvalue weighted by Crippen LogP contribution is -2.14. The highest BCUT2D eigenvalue weighted by Crippen LogP contribution is 2.55. The maximum atomic E-state index is 2.43. The van der Waals surface area contributed by atoms with Crippen molar-refractivity contribution in [2.75, 3.05) is 0 Å². The zero-order valence-electron chi connectivity index (χ0n) is 28.8. The Morgan fingerprint density at radius 3 is 1.53 bits per heavy atom. The second kappa shape index (κ2) is 11.4. The second-order valence-electron chi connectivity index (χ2n) is 14.4. The molecular formula is C51H36. The topological polar surface area (TPSA) is 0 Å². The first-order chi connectivity index (χ1) is 25.1. The van der Waals surface area contributed by atoms with Gasteiger partial charge in [0.1, 0.15) is 0 Å². The summed E-state index contributed by atoms with van der Waals surface area (Å²) in [6.45, 7) is 4.75. The molecule has 51 heavy (non-hydrogen) atoms. The largest absolute Gasteiger partial charge is 0.0622 e. The zero-order chi connectivity index (χ0) is 34.1. The first-order valence-corrected chi connectivity index (χ1v) is 17.9. The van der Waals surface area contributed by atoms with Gasteiger partial charge in [0.05, 0.1) is 0 Å². The summed E-state index contributed by atoms with van der Waals surface area (Å²) in [5.74, 6) is 0. The van der Waals surface area contributed by atoms with Crippen molar-refractivity contribution in [3.05, 3.63) is 193 Å². The van der Waals surface area contributed by atoms with Crippen LogP contribution in [0, 0.1) is 0 Å². The van der Waals surface area contributed by atoms with Crippen molar-refractivity contribution in [3.63, 3.8) is 0 Å². The summed E-state index contributed by atoms with van der Waals surface area (Å²) in [5, 5.41) is 7.68. The molecule has 0 aromatic heterocycles. The van der Waals surface area contributed by atoms with E-state index < -0.39 is 0 Å². The Labute approximate surface area is 299 Å². The average molecular weight is 649 g/mol. The summed E-state index contributed by atoms with van der Waals surface area (Å²) in [6, 6.07) is 67.3. The lowest BCUT2D eigenvalue weighted by atomic mass is 9.81. The predicted octanol–water partition coefficient (Wildman–Crippen LogP) is 14.1. The standard InChI is InChI=1S/C51H36/c1-51(2)45-29-15-28-39(50(45)49-38-22-7-6-18-34(38)30-31-46(49)51)35-19-14-20-36(32-35)47-41-24-10-12-26-43(41)48(44-27-13-11-25-42(44)47)40-23-9-8-21-37(40)33-16-4-3-5-17-33/h3-32H,1-2H3. The third-order valence-corrected chi connectivity index (χ3v) is 11.3. The molecule has 0 heterocycles. The quantitative estimate of drug-likeness (QED) is 0.167. The Morgan fingerprint density at radius 2 is 0.804 bits per heavy atom. The SMILES string of the molecule is CC1(C)c2cccc(-c3cccc(-c4c5ccccc5c(-c5ccccc5-c5ccccc5)c5ccccc45)c3)c2-c2c1ccc1ccccc21. The van der Waals surface area contributed by atoms with Gasteiger partial charge in [0.15, 0.2) is 0 Å². The van der Waals surface area contributed by atoms with Crippen molar-refractivity contribution in [1.29, 1.82) is 0 Å². The molecule has 0 atom stereocenters. The number of hydrogen-bond acceptors (Lipinski definition) is 0. The Hall–Kier alpha value is -6.24. The van der Waals surface area contributed by atoms with E-state index >= 15 is 0 Å². The van der Waals surface area contributed by atoms with Crippen molar-refractivity contribution in [2.24, 2.45) is 0 Å². The minimum atomic E-state index is -0.0827. The highest BCUT2D eigenvalue weighted by atomic mass is 14.4. The average Bonchev–Trinajstić information content (AvgIpc) is 3.43. The van der Waals surface area contributed by atoms with Gasteiger partial charge in [0.25, 0.3) is 0 Å². The number of rotatable bonds is 4. The van der Waals surface area contributed by atoms with Crippen molar-refractivity contribution >= 4 is 32.3 Å². The number of fused-ring (bicyclic) bond motifs is 7. The van der Waals surface area contributed by atoms with Gasteiger partial charge in [-0.1, -0.05) is 190 Å². The molecule has 0 saturated heterocycles. The molecule has 0 nitrogen and oxygen atoms in total. The minimum absolute atomic E-state index is 0.0827. The minimum Gasteiger partial charge on any atom is -0.0622 e. The molecule has 0 N–H and O–H groups in total. The first kappa shape index (κ1) is 29.7. The molecule has 0 fully saturated rings. The highest BCUT2D eigenvalue weighted by Gasteiger charge is 2.37. The first-order valence-electron chi connectivity index (χ1n) is 17.9. The van der Waals surface area contributed by atoms with E-state index in [1.165, 1.54) is 99.1 Å². The number of benzene rings is 9. The monoisotopic (exact) mass is 648 g/mol. The van der Waals surface area contributed by atoms with Crippen LogP contribution in [0.5, 0.6) is 0 Å². The summed E-state index contributed by atoms with van der Waals surface area (Å²) in [6.07, 6.45) is 0. The van der Waals surface area contributed by atoms with Crippen LogP contribution in [-0.4, -0.2) is 0 Å². The third kappa shape index (κ3) is 4.46. The van der Waals surface area contributed by atoms with E-state index in [-0.39, 0.29) is 5.41 Å². The smallest absolute Gasteiger partial charge is 0.0159 e. The van der Waals surface area contributed by atoms with Gasteiger partial charge in [-0.2, -0.15) is 0 Å². The molecule has 0 amide bonds. The van der Waals surface area contributed by atoms with Crippen LogP contribution >= 0.6 is 0 Å². The van der Waals surface area contributed by atoms with Crippen LogP contribution in [0.3, 0.4) is 0 Å². The van der Waals surface area contributed by atoms with Crippen LogP contribution in [0.1, 0.15) is 25.0 Å². The van der Waals surface area contributed by atoms with Crippen LogP contribution in [0.25, 0.3) is 88.0 Å². The normalized spacial score (nSPS) is 13.1. The molecule has 0 bridgehead atoms. The van der Waals surface area contributed by atoms with Crippen molar-refractivity contribution in [1.82, 2.24) is 0 Å². The fraction of sp³-hybridized carbons (Fsp3) is 0.0588. The summed E-state index contributed by atoms with van der Waals surface area (Å²) < 4.78 is 0. The van der Waals surface area contributed by atoms with E-state index in [9.17, 15) is 0 Å². The molecule has 240 valence electrons. The van der Waals surface area contributed by atoms with Crippen LogP contribution in [0.2, 0.25) is 0 Å². The van der Waals surface area contributed by atoms with Gasteiger partial charge in [0.2, 0.25) is 0 Å². The van der Waals surface area contributed by atoms with Gasteiger partial charge in [-0.3, -0.25) is 0 Å². The van der Waals surface area contributed by atoms with Gasteiger partial charge < -0.3 is 0 Å². The van der Waals surface area contributed by atoms with Crippen molar-refractivity contribution < 1.29 is 0 Å². The molecule has 1 aliphatic rings. The molecule has 10 rings (SSSR count). The fourth-order valence-electron chi connectivity index (χ4n) is 8.93. The summed E-state index contributed by atoms with van der Waals surface area (Å²) >= 11 is 0. The molecule has 0 unspecified atom stereocenters. The van der Waals surface area contributed by atoms with E-state index in [0.717, 1.165) is 0 Å². The third-order valence-electron chi connectivity index (χ3n) is 11.3. The Bertz CT molecular complexity index is 2760. The molecular weight excluding hydrogens is 613 g/mol. The fourth-order valence-corrected chi connectivity index (χ4v) is 8.93. The summed E-state index contributed by atoms with van der Waals surface area (Å²) in [5.41, 5.74) is 15.5. The van der Waals surface area contributed by atoms with Gasteiger partial charge in [0, 0.05) is 5.41 Å². The molecule has 0 spiro atoms. The number of hydrogen-bond donors (Lipinski definition) is 0. The molecule has 0 radical (unpaired) electrons. The maximum Gasteiger partial charge on any atom is 0.0159 e. The summed E-state index contributed by atoms with van der Waals surface area (Å²) in [7, 11) is 0. The van der Waals surface area contributed by atoms with Crippen LogP contribution in [0.15, 0.2) is 182 Å². The lowest BCUT2D eigenvalue weighted by Gasteiger charge is -2.22. The van der Waals surface area contributed by atoms with Gasteiger partial charge in [-0.15, -0.1) is 0 Å². The van der Waals surface area contributed by atoms with E-state index in [2.05, 4.69) is 196 Å². The Balaban J connectivity index is 1.23. The van der Waals surface area contributed by atoms with E-state index in [1.54, 1.807) is 0 Å². The molecule has 0 saturated carbocycles. The highest BCUT2D eigenvalue weighted by molar-refractivity contribution is 6.22. The summed E-state index contributed by atoms with van der Waals surface area (Å²) in [4.78, 5) is 0. The van der Waals surface area contributed by atoms with E-state index in [1.807, 2.05) is 0 Å². The van der Waals surface area contributed by atoms with Crippen molar-refractivity contribution in [2.45, 2.75) is 19.3 Å². The maximum absolute atomic E-state index is 2.43. The molecule has 0 aliphatic heterocycles. The van der Waals surface area contributed by atoms with Crippen LogP contribution < -0.4 is 0 Å². The molecule has 1 aliphatic carbocycles. The van der Waals surface area contributed by atoms with Gasteiger partial charge in [-0.25, -0.2) is 0 Å². The predicted molar refractivity (Wildman–Crippen MR) is 218 cm³/mol. The molecule has 0 heteroatoms. The lowest BCUT2D eigenvalue weighted by molar-refractivity contribution is 0.661. The van der Waals surface area contributed by atoms with Crippen molar-refractivity contribution in [3.8, 4) is 55.6 Å². The molecule has 9 aromatic carbocycles. The van der Waals surface area contributed by atoms with E-state index in [0.29, 0.717) is 0 Å². The van der Waals surface area contributed by atoms with Crippen LogP contribution in [-0.2, 0) is 5.41 Å².